The second-order valence-electron chi connectivity index (χ2n) is 4.63. The second-order valence-corrected chi connectivity index (χ2v) is 4.63. The van der Waals surface area contributed by atoms with E-state index in [4.69, 9.17) is 0 Å². The van der Waals surface area contributed by atoms with Crippen LogP contribution >= 0.6 is 0 Å². The first-order chi connectivity index (χ1) is 10.6. The summed E-state index contributed by atoms with van der Waals surface area (Å²) < 4.78 is 26.3. The van der Waals surface area contributed by atoms with Gasteiger partial charge in [0, 0.05) is 12.7 Å². The van der Waals surface area contributed by atoms with Crippen LogP contribution in [-0.2, 0) is 6.42 Å². The number of hydrogen-bond acceptors (Lipinski definition) is 1. The summed E-state index contributed by atoms with van der Waals surface area (Å²) in [7, 11) is 0. The maximum Gasteiger partial charge on any atom is 0.318 e. The molecule has 0 spiro atoms. The van der Waals surface area contributed by atoms with Gasteiger partial charge in [-0.25, -0.2) is 13.6 Å². The minimum atomic E-state index is -0.399. The molecule has 0 bridgehead atoms. The van der Waals surface area contributed by atoms with E-state index in [0.717, 1.165) is 0 Å². The van der Waals surface area contributed by atoms with Gasteiger partial charge < -0.3 is 10.6 Å². The summed E-state index contributed by atoms with van der Waals surface area (Å²) in [5.41, 5.74) is 1.20. The molecule has 0 saturated heterocycles. The van der Waals surface area contributed by atoms with Crippen molar-refractivity contribution < 1.29 is 13.6 Å². The SMILES string of the molecule is O=C(N/C=C/c1cccc(F)c1)NCCc1ccccc1F. The van der Waals surface area contributed by atoms with Crippen LogP contribution in [0, 0.1) is 11.6 Å². The molecule has 0 radical (unpaired) electrons. The fraction of sp³-hybridized carbons (Fsp3) is 0.118. The standard InChI is InChI=1S/C17H16F2N2O/c18-15-6-3-4-13(12-15)8-10-20-17(22)21-11-9-14-5-1-2-7-16(14)19/h1-8,10,12H,9,11H2,(H2,20,21,22)/b10-8+. The van der Waals surface area contributed by atoms with E-state index in [0.29, 0.717) is 24.1 Å². The number of carbonyl (C=O) groups is 1. The minimum absolute atomic E-state index is 0.282. The van der Waals surface area contributed by atoms with E-state index in [2.05, 4.69) is 10.6 Å². The third-order valence-corrected chi connectivity index (χ3v) is 2.98. The normalized spacial score (nSPS) is 10.6. The number of carbonyl (C=O) groups excluding carboxylic acids is 1. The molecule has 0 aliphatic rings. The van der Waals surface area contributed by atoms with Crippen LogP contribution in [0.15, 0.2) is 54.7 Å². The zero-order valence-corrected chi connectivity index (χ0v) is 11.9. The molecule has 2 aromatic carbocycles. The molecular weight excluding hydrogens is 286 g/mol. The van der Waals surface area contributed by atoms with Crippen LogP contribution < -0.4 is 10.6 Å². The number of nitrogens with one attached hydrogen (secondary N) is 2. The van der Waals surface area contributed by atoms with E-state index in [1.807, 2.05) is 0 Å². The molecule has 114 valence electrons. The Kier molecular flexibility index (Phi) is 5.65. The summed E-state index contributed by atoms with van der Waals surface area (Å²) in [6, 6.07) is 12.0. The van der Waals surface area contributed by atoms with Gasteiger partial charge in [0.05, 0.1) is 0 Å². The quantitative estimate of drug-likeness (QED) is 0.872. The van der Waals surface area contributed by atoms with E-state index >= 15 is 0 Å². The monoisotopic (exact) mass is 302 g/mol. The lowest BCUT2D eigenvalue weighted by molar-refractivity contribution is 0.244. The first-order valence-corrected chi connectivity index (χ1v) is 6.85. The Morgan fingerprint density at radius 2 is 1.91 bits per heavy atom. The predicted octanol–water partition coefficient (Wildman–Crippen LogP) is 3.48. The Bertz CT molecular complexity index is 671. The Morgan fingerprint density at radius 3 is 2.68 bits per heavy atom. The highest BCUT2D eigenvalue weighted by molar-refractivity contribution is 5.75. The molecule has 0 saturated carbocycles. The smallest absolute Gasteiger partial charge is 0.318 e. The first kappa shape index (κ1) is 15.7. The number of urea groups is 1. The van der Waals surface area contributed by atoms with Crippen molar-refractivity contribution in [2.24, 2.45) is 0 Å². The second kappa shape index (κ2) is 7.93. The van der Waals surface area contributed by atoms with Crippen LogP contribution in [-0.4, -0.2) is 12.6 Å². The minimum Gasteiger partial charge on any atom is -0.338 e. The van der Waals surface area contributed by atoms with Gasteiger partial charge in [0.15, 0.2) is 0 Å². The number of hydrogen-bond donors (Lipinski definition) is 2. The van der Waals surface area contributed by atoms with Crippen LogP contribution in [0.25, 0.3) is 6.08 Å². The third kappa shape index (κ3) is 5.01. The van der Waals surface area contributed by atoms with Gasteiger partial charge in [0.1, 0.15) is 11.6 Å². The maximum atomic E-state index is 13.4. The molecule has 2 aromatic rings. The summed E-state index contributed by atoms with van der Waals surface area (Å²) >= 11 is 0. The van der Waals surface area contributed by atoms with Crippen molar-refractivity contribution in [1.82, 2.24) is 10.6 Å². The topological polar surface area (TPSA) is 41.1 Å². The summed E-state index contributed by atoms with van der Waals surface area (Å²) in [5, 5.41) is 5.12. The zero-order valence-electron chi connectivity index (χ0n) is 11.9. The number of benzene rings is 2. The molecule has 0 aromatic heterocycles. The molecule has 2 amide bonds. The molecule has 0 aliphatic heterocycles. The van der Waals surface area contributed by atoms with Gasteiger partial charge in [0.25, 0.3) is 0 Å². The Balaban J connectivity index is 1.73. The van der Waals surface area contributed by atoms with Crippen molar-refractivity contribution in [2.45, 2.75) is 6.42 Å². The van der Waals surface area contributed by atoms with Crippen LogP contribution in [0.1, 0.15) is 11.1 Å². The van der Waals surface area contributed by atoms with Crippen LogP contribution in [0.3, 0.4) is 0 Å². The molecule has 0 fully saturated rings. The molecular formula is C17H16F2N2O. The largest absolute Gasteiger partial charge is 0.338 e. The molecule has 2 N–H and O–H groups in total. The average molecular weight is 302 g/mol. The van der Waals surface area contributed by atoms with Gasteiger partial charge in [-0.1, -0.05) is 30.3 Å². The van der Waals surface area contributed by atoms with Crippen molar-refractivity contribution in [2.75, 3.05) is 6.54 Å². The average Bonchev–Trinajstić information content (AvgIpc) is 2.49. The van der Waals surface area contributed by atoms with Crippen LogP contribution in [0.2, 0.25) is 0 Å². The van der Waals surface area contributed by atoms with E-state index in [9.17, 15) is 13.6 Å². The maximum absolute atomic E-state index is 13.4. The highest BCUT2D eigenvalue weighted by Gasteiger charge is 2.01. The molecule has 0 atom stereocenters. The molecule has 0 heterocycles. The van der Waals surface area contributed by atoms with Crippen molar-refractivity contribution >= 4 is 12.1 Å². The highest BCUT2D eigenvalue weighted by Crippen LogP contribution is 2.06. The van der Waals surface area contributed by atoms with Gasteiger partial charge >= 0.3 is 6.03 Å². The molecule has 0 aliphatic carbocycles. The van der Waals surface area contributed by atoms with Gasteiger partial charge in [-0.2, -0.15) is 0 Å². The van der Waals surface area contributed by atoms with E-state index in [-0.39, 0.29) is 11.6 Å². The lowest BCUT2D eigenvalue weighted by Gasteiger charge is -2.05. The fourth-order valence-corrected chi connectivity index (χ4v) is 1.89. The molecule has 0 unspecified atom stereocenters. The number of amides is 2. The summed E-state index contributed by atoms with van der Waals surface area (Å²) in [4.78, 5) is 11.5. The van der Waals surface area contributed by atoms with Crippen molar-refractivity contribution in [3.63, 3.8) is 0 Å². The van der Waals surface area contributed by atoms with Gasteiger partial charge in [0.2, 0.25) is 0 Å². The van der Waals surface area contributed by atoms with E-state index < -0.39 is 6.03 Å². The van der Waals surface area contributed by atoms with Crippen molar-refractivity contribution in [3.05, 3.63) is 77.5 Å². The van der Waals surface area contributed by atoms with Crippen LogP contribution in [0.4, 0.5) is 13.6 Å². The third-order valence-electron chi connectivity index (χ3n) is 2.98. The predicted molar refractivity (Wildman–Crippen MR) is 82.1 cm³/mol. The lowest BCUT2D eigenvalue weighted by Crippen LogP contribution is -2.33. The first-order valence-electron chi connectivity index (χ1n) is 6.85. The van der Waals surface area contributed by atoms with Crippen molar-refractivity contribution in [3.8, 4) is 0 Å². The number of halogens is 2. The molecule has 3 nitrogen and oxygen atoms in total. The van der Waals surface area contributed by atoms with Crippen LogP contribution in [0.5, 0.6) is 0 Å². The zero-order chi connectivity index (χ0) is 15.8. The Labute approximate surface area is 127 Å². The van der Waals surface area contributed by atoms with E-state index in [1.54, 1.807) is 36.4 Å². The highest BCUT2D eigenvalue weighted by atomic mass is 19.1. The number of rotatable bonds is 5. The summed E-state index contributed by atoms with van der Waals surface area (Å²) in [5.74, 6) is -0.618. The molecule has 5 heteroatoms. The summed E-state index contributed by atoms with van der Waals surface area (Å²) in [6.45, 7) is 0.320. The van der Waals surface area contributed by atoms with Gasteiger partial charge in [-0.15, -0.1) is 0 Å². The fourth-order valence-electron chi connectivity index (χ4n) is 1.89. The molecule has 22 heavy (non-hydrogen) atoms. The Hall–Kier alpha value is -2.69. The van der Waals surface area contributed by atoms with E-state index in [1.165, 1.54) is 24.4 Å². The Morgan fingerprint density at radius 1 is 1.09 bits per heavy atom. The summed E-state index contributed by atoms with van der Waals surface area (Å²) in [6.07, 6.45) is 3.42. The van der Waals surface area contributed by atoms with Crippen molar-refractivity contribution in [1.29, 1.82) is 0 Å². The van der Waals surface area contributed by atoms with Gasteiger partial charge in [-0.3, -0.25) is 0 Å². The molecule has 2 rings (SSSR count). The van der Waals surface area contributed by atoms with Gasteiger partial charge in [-0.05, 0) is 41.8 Å². The lowest BCUT2D eigenvalue weighted by atomic mass is 10.1.